The van der Waals surface area contributed by atoms with Crippen LogP contribution in [0.3, 0.4) is 0 Å². The number of carbonyl (C=O) groups excluding carboxylic acids is 2. The molecule has 1 atom stereocenters. The smallest absolute Gasteiger partial charge is 0.394 e. The van der Waals surface area contributed by atoms with E-state index in [9.17, 15) is 22.9 Å². The van der Waals surface area contributed by atoms with E-state index in [0.717, 1.165) is 6.92 Å². The molecule has 0 rings (SSSR count). The molecule has 0 saturated heterocycles. The van der Waals surface area contributed by atoms with Crippen molar-refractivity contribution in [2.24, 2.45) is 0 Å². The third-order valence-electron chi connectivity index (χ3n) is 2.75. The van der Waals surface area contributed by atoms with Gasteiger partial charge in [-0.15, -0.1) is 0 Å². The fourth-order valence-electron chi connectivity index (χ4n) is 1.44. The van der Waals surface area contributed by atoms with Crippen LogP contribution in [0.1, 0.15) is 20.3 Å². The summed E-state index contributed by atoms with van der Waals surface area (Å²) in [5.41, 5.74) is -4.52. The van der Waals surface area contributed by atoms with Crippen LogP contribution in [0.2, 0.25) is 0 Å². The van der Waals surface area contributed by atoms with Gasteiger partial charge in [0.05, 0.1) is 6.42 Å². The van der Waals surface area contributed by atoms with Crippen molar-refractivity contribution in [3.63, 3.8) is 0 Å². The third-order valence-corrected chi connectivity index (χ3v) is 3.78. The molecule has 0 spiro atoms. The van der Waals surface area contributed by atoms with Gasteiger partial charge in [0.25, 0.3) is 0 Å². The lowest BCUT2D eigenvalue weighted by Gasteiger charge is -2.23. The second-order valence-electron chi connectivity index (χ2n) is 5.37. The summed E-state index contributed by atoms with van der Waals surface area (Å²) < 4.78 is 47.0. The Morgan fingerprint density at radius 3 is 1.65 bits per heavy atom. The van der Waals surface area contributed by atoms with Crippen molar-refractivity contribution in [2.45, 2.75) is 32.0 Å². The average molecular weight is 482 g/mol. The first-order chi connectivity index (χ1) is 16.0. The summed E-state index contributed by atoms with van der Waals surface area (Å²) in [5, 5.41) is 0. The van der Waals surface area contributed by atoms with E-state index in [-0.39, 0.29) is 0 Å². The molecule has 0 aliphatic rings. The number of halogens is 2. The highest BCUT2D eigenvalue weighted by molar-refractivity contribution is 7.53. The Bertz CT molecular complexity index is 1350. The minimum absolute atomic E-state index is 0.858. The highest BCUT2D eigenvalue weighted by atomic mass is 31.2. The quantitative estimate of drug-likeness (QED) is 0.248. The zero-order valence-corrected chi connectivity index (χ0v) is 18.5. The molecule has 7 nitrogen and oxygen atoms in total. The third kappa shape index (κ3) is 15.3. The molecule has 0 bridgehead atoms. The number of ether oxygens (including phenoxy) is 2. The molecule has 0 radical (unpaired) electrons. The number of carbonyl (C=O) groups is 2. The number of hydrogen-bond donors (Lipinski definition) is 2. The highest BCUT2D eigenvalue weighted by Crippen LogP contribution is 2.55. The van der Waals surface area contributed by atoms with E-state index in [4.69, 9.17) is 9.79 Å². The van der Waals surface area contributed by atoms with Crippen molar-refractivity contribution in [3.05, 3.63) is 0 Å². The first-order valence-corrected chi connectivity index (χ1v) is 10.3. The second kappa shape index (κ2) is 16.1. The second-order valence-corrected chi connectivity index (χ2v) is 7.11. The van der Waals surface area contributed by atoms with Crippen LogP contribution in [-0.4, -0.2) is 40.1 Å². The predicted octanol–water partition coefficient (Wildman–Crippen LogP) is 0.669. The van der Waals surface area contributed by atoms with Gasteiger partial charge in [-0.1, -0.05) is 5.92 Å². The molecule has 2 N–H and O–H groups in total. The molecule has 0 aromatic heterocycles. The molecule has 0 saturated carbocycles. The summed E-state index contributed by atoms with van der Waals surface area (Å²) in [6.45, 7) is 1.74. The molecule has 170 valence electrons. The molecule has 10 heteroatoms. The van der Waals surface area contributed by atoms with E-state index >= 15 is 0 Å². The summed E-state index contributed by atoms with van der Waals surface area (Å²) >= 11 is 0. The molecule has 0 aliphatic carbocycles. The van der Waals surface area contributed by atoms with Crippen molar-refractivity contribution in [1.29, 1.82) is 0 Å². The van der Waals surface area contributed by atoms with Crippen LogP contribution in [0, 0.1) is 94.7 Å². The van der Waals surface area contributed by atoms with Gasteiger partial charge >= 0.3 is 25.2 Å². The minimum atomic E-state index is -5.84. The van der Waals surface area contributed by atoms with Crippen LogP contribution in [0.4, 0.5) is 8.78 Å². The largest absolute Gasteiger partial charge is 0.462 e. The Hall–Kier alpha value is -4.57. The average Bonchev–Trinajstić information content (AvgIpc) is 2.73. The normalized spacial score (nSPS) is 9.24. The summed E-state index contributed by atoms with van der Waals surface area (Å²) in [4.78, 5) is 39.8. The van der Waals surface area contributed by atoms with Crippen molar-refractivity contribution in [2.75, 3.05) is 6.61 Å². The van der Waals surface area contributed by atoms with E-state index in [2.05, 4.69) is 92.4 Å². The van der Waals surface area contributed by atoms with E-state index in [1.165, 1.54) is 0 Å². The van der Waals surface area contributed by atoms with E-state index in [1.807, 2.05) is 11.8 Å². The highest BCUT2D eigenvalue weighted by Gasteiger charge is 2.50. The lowest BCUT2D eigenvalue weighted by atomic mass is 10.2. The van der Waals surface area contributed by atoms with Gasteiger partial charge in [0.1, 0.15) is 12.7 Å². The van der Waals surface area contributed by atoms with E-state index in [0.29, 0.717) is 0 Å². The number of hydrogen-bond acceptors (Lipinski definition) is 5. The van der Waals surface area contributed by atoms with Gasteiger partial charge in [-0.3, -0.25) is 9.36 Å². The Kier molecular flexibility index (Phi) is 14.0. The van der Waals surface area contributed by atoms with Crippen LogP contribution in [0.5, 0.6) is 0 Å². The summed E-state index contributed by atoms with van der Waals surface area (Å²) in [5.74, 6) is 35.0. The Morgan fingerprint density at radius 2 is 1.26 bits per heavy atom. The lowest BCUT2D eigenvalue weighted by Crippen LogP contribution is -2.32. The number of rotatable bonds is 6. The van der Waals surface area contributed by atoms with Gasteiger partial charge in [0, 0.05) is 12.8 Å². The first kappa shape index (κ1) is 29.4. The summed E-state index contributed by atoms with van der Waals surface area (Å²) in [6.07, 6.45) is -3.46. The van der Waals surface area contributed by atoms with Gasteiger partial charge < -0.3 is 19.3 Å². The maximum Gasteiger partial charge on any atom is 0.394 e. The van der Waals surface area contributed by atoms with Crippen molar-refractivity contribution in [3.8, 4) is 94.7 Å². The van der Waals surface area contributed by atoms with Crippen molar-refractivity contribution in [1.82, 2.24) is 0 Å². The molecule has 34 heavy (non-hydrogen) atoms. The standard InChI is InChI=1S/C24H13F2O7P/c1-3-4-5-6-7-8-9-10-11-12-13-14-15-16-17-18-23(28)33-22(20-32-21(2)27)19-24(25,26)34(29,30)31/h22H,19-20H2,1-2H3,(H2,29,30,31)/t22-/m0/s1. The zero-order valence-electron chi connectivity index (χ0n) is 17.6. The fourth-order valence-corrected chi connectivity index (χ4v) is 1.88. The Labute approximate surface area is 195 Å². The van der Waals surface area contributed by atoms with E-state index in [1.54, 1.807) is 6.92 Å². The van der Waals surface area contributed by atoms with Gasteiger partial charge in [0.2, 0.25) is 0 Å². The maximum atomic E-state index is 13.5. The minimum Gasteiger partial charge on any atom is -0.462 e. The fraction of sp³-hybridized carbons (Fsp3) is 0.250. The van der Waals surface area contributed by atoms with Gasteiger partial charge in [-0.05, 0) is 89.8 Å². The first-order valence-electron chi connectivity index (χ1n) is 8.70. The molecule has 0 aromatic rings. The lowest BCUT2D eigenvalue weighted by molar-refractivity contribution is -0.156. The molecular formula is C24H13F2O7P. The van der Waals surface area contributed by atoms with Crippen molar-refractivity contribution >= 4 is 19.5 Å². The monoisotopic (exact) mass is 482 g/mol. The van der Waals surface area contributed by atoms with Crippen LogP contribution in [-0.2, 0) is 23.6 Å². The van der Waals surface area contributed by atoms with Crippen molar-refractivity contribution < 1.29 is 42.2 Å². The molecule has 0 amide bonds. The topological polar surface area (TPSA) is 110 Å². The van der Waals surface area contributed by atoms with Gasteiger partial charge in [-0.25, -0.2) is 4.79 Å². The van der Waals surface area contributed by atoms with E-state index < -0.39 is 44.3 Å². The van der Waals surface area contributed by atoms with Crippen LogP contribution >= 0.6 is 7.60 Å². The molecule has 0 aromatic carbocycles. The predicted molar refractivity (Wildman–Crippen MR) is 116 cm³/mol. The van der Waals surface area contributed by atoms with Gasteiger partial charge in [-0.2, -0.15) is 8.78 Å². The molecule has 0 heterocycles. The molecule has 0 aliphatic heterocycles. The molecule has 0 fully saturated rings. The Morgan fingerprint density at radius 1 is 0.853 bits per heavy atom. The van der Waals surface area contributed by atoms with Crippen LogP contribution in [0.15, 0.2) is 0 Å². The molecule has 0 unspecified atom stereocenters. The number of esters is 2. The summed E-state index contributed by atoms with van der Waals surface area (Å²) in [6, 6.07) is 0. The zero-order chi connectivity index (χ0) is 25.9. The van der Waals surface area contributed by atoms with Crippen LogP contribution in [0.25, 0.3) is 0 Å². The van der Waals surface area contributed by atoms with Gasteiger partial charge in [0.15, 0.2) is 0 Å². The summed E-state index contributed by atoms with van der Waals surface area (Å²) in [7, 11) is -5.84. The maximum absolute atomic E-state index is 13.5. The Balaban J connectivity index is 4.96. The number of alkyl halides is 2. The SMILES string of the molecule is CC#CC#CC#CC#CC#CC#CC#CC#CC(=O)O[C@H](COC(C)=O)CC(F)(F)P(=O)(O)O. The van der Waals surface area contributed by atoms with Crippen LogP contribution < -0.4 is 0 Å². The molecular weight excluding hydrogens is 469 g/mol.